The van der Waals surface area contributed by atoms with E-state index in [-0.39, 0.29) is 11.8 Å². The fourth-order valence-electron chi connectivity index (χ4n) is 3.78. The van der Waals surface area contributed by atoms with Gasteiger partial charge in [-0.2, -0.15) is 10.2 Å². The quantitative estimate of drug-likeness (QED) is 0.146. The van der Waals surface area contributed by atoms with Gasteiger partial charge in [0.2, 0.25) is 11.8 Å². The number of rotatable bonds is 17. The Morgan fingerprint density at radius 3 is 1.31 bits per heavy atom. The number of carbonyl (C=O) groups excluding carboxylic acids is 2. The van der Waals surface area contributed by atoms with Crippen LogP contribution in [0.3, 0.4) is 0 Å². The van der Waals surface area contributed by atoms with Gasteiger partial charge in [-0.25, -0.2) is 10.9 Å². The molecule has 2 amide bonds. The minimum Gasteiger partial charge on any atom is -0.273 e. The Labute approximate surface area is 216 Å². The predicted octanol–water partition coefficient (Wildman–Crippen LogP) is 6.75. The maximum absolute atomic E-state index is 12.2. The van der Waals surface area contributed by atoms with Gasteiger partial charge < -0.3 is 0 Å². The van der Waals surface area contributed by atoms with Crippen LogP contribution in [0.15, 0.2) is 70.9 Å². The normalized spacial score (nSPS) is 11.8. The van der Waals surface area contributed by atoms with Gasteiger partial charge in [-0.1, -0.05) is 100 Å². The first-order chi connectivity index (χ1) is 17.6. The monoisotopic (exact) mass is 490 g/mol. The van der Waals surface area contributed by atoms with E-state index in [9.17, 15) is 9.59 Å². The average Bonchev–Trinajstić information content (AvgIpc) is 2.91. The second kappa shape index (κ2) is 18.1. The SMILES string of the molecule is CCCC/C(=N\NC(=O)CCCCCCC(=O)N/N=C(\CCCC)c1ccccc1)c1ccccc1. The molecule has 0 unspecified atom stereocenters. The molecule has 0 fully saturated rings. The van der Waals surface area contributed by atoms with E-state index in [1.807, 2.05) is 60.7 Å². The van der Waals surface area contributed by atoms with Gasteiger partial charge in [-0.05, 0) is 49.7 Å². The maximum atomic E-state index is 12.2. The predicted molar refractivity (Wildman–Crippen MR) is 149 cm³/mol. The van der Waals surface area contributed by atoms with Crippen LogP contribution >= 0.6 is 0 Å². The van der Waals surface area contributed by atoms with Crippen LogP contribution < -0.4 is 10.9 Å². The first kappa shape index (κ1) is 29.0. The Hall–Kier alpha value is -3.28. The van der Waals surface area contributed by atoms with Crippen molar-refractivity contribution < 1.29 is 9.59 Å². The molecule has 0 bridgehead atoms. The molecule has 2 aromatic rings. The molecule has 0 saturated carbocycles. The third kappa shape index (κ3) is 11.9. The van der Waals surface area contributed by atoms with Gasteiger partial charge in [0.25, 0.3) is 0 Å². The van der Waals surface area contributed by atoms with Crippen molar-refractivity contribution in [3.8, 4) is 0 Å². The van der Waals surface area contributed by atoms with E-state index in [1.54, 1.807) is 0 Å². The fourth-order valence-corrected chi connectivity index (χ4v) is 3.78. The zero-order valence-corrected chi connectivity index (χ0v) is 22.0. The van der Waals surface area contributed by atoms with Gasteiger partial charge in [0, 0.05) is 12.8 Å². The lowest BCUT2D eigenvalue weighted by atomic mass is 10.1. The zero-order chi connectivity index (χ0) is 25.8. The molecule has 0 atom stereocenters. The summed E-state index contributed by atoms with van der Waals surface area (Å²) in [6.45, 7) is 4.29. The fraction of sp³-hybridized carbons (Fsp3) is 0.467. The second-order valence-corrected chi connectivity index (χ2v) is 9.04. The lowest BCUT2D eigenvalue weighted by Crippen LogP contribution is -2.20. The van der Waals surface area contributed by atoms with Gasteiger partial charge >= 0.3 is 0 Å². The van der Waals surface area contributed by atoms with Crippen molar-refractivity contribution in [3.63, 3.8) is 0 Å². The molecule has 0 aliphatic carbocycles. The molecule has 2 rings (SSSR count). The minimum absolute atomic E-state index is 0.0625. The molecular formula is C30H42N4O2. The third-order valence-electron chi connectivity index (χ3n) is 5.94. The maximum Gasteiger partial charge on any atom is 0.240 e. The smallest absolute Gasteiger partial charge is 0.240 e. The van der Waals surface area contributed by atoms with Crippen molar-refractivity contribution in [1.29, 1.82) is 0 Å². The highest BCUT2D eigenvalue weighted by Crippen LogP contribution is 2.10. The van der Waals surface area contributed by atoms with Gasteiger partial charge in [-0.3, -0.25) is 9.59 Å². The van der Waals surface area contributed by atoms with E-state index in [2.05, 4.69) is 34.9 Å². The Kier molecular flexibility index (Phi) is 14.5. The number of hydrazone groups is 2. The van der Waals surface area contributed by atoms with Crippen molar-refractivity contribution in [3.05, 3.63) is 71.8 Å². The van der Waals surface area contributed by atoms with Gasteiger partial charge in [-0.15, -0.1) is 0 Å². The molecule has 0 aliphatic rings. The molecule has 194 valence electrons. The summed E-state index contributed by atoms with van der Waals surface area (Å²) in [6.07, 6.45) is 10.2. The van der Waals surface area contributed by atoms with Crippen LogP contribution in [-0.4, -0.2) is 23.2 Å². The van der Waals surface area contributed by atoms with E-state index in [1.165, 1.54) is 0 Å². The van der Waals surface area contributed by atoms with Crippen LogP contribution in [0.5, 0.6) is 0 Å². The number of amides is 2. The number of benzene rings is 2. The number of nitrogens with zero attached hydrogens (tertiary/aromatic N) is 2. The standard InChI is InChI=1S/C30H42N4O2/c1-3-5-21-27(25-17-11-9-12-18-25)31-33-29(35)23-15-7-8-16-24-30(36)34-32-28(22-6-4-2)26-19-13-10-14-20-26/h9-14,17-20H,3-8,15-16,21-24H2,1-2H3,(H,33,35)(H,34,36)/b31-27+,32-28+. The summed E-state index contributed by atoms with van der Waals surface area (Å²) in [4.78, 5) is 24.5. The van der Waals surface area contributed by atoms with Crippen molar-refractivity contribution in [2.75, 3.05) is 0 Å². The molecule has 0 saturated heterocycles. The van der Waals surface area contributed by atoms with Crippen LogP contribution in [-0.2, 0) is 9.59 Å². The first-order valence-corrected chi connectivity index (χ1v) is 13.5. The summed E-state index contributed by atoms with van der Waals surface area (Å²) in [5.74, 6) is -0.125. The molecule has 6 nitrogen and oxygen atoms in total. The summed E-state index contributed by atoms with van der Waals surface area (Å²) >= 11 is 0. The highest BCUT2D eigenvalue weighted by Gasteiger charge is 2.07. The molecule has 36 heavy (non-hydrogen) atoms. The molecule has 0 spiro atoms. The Bertz CT molecular complexity index is 876. The van der Waals surface area contributed by atoms with Crippen LogP contribution in [0.2, 0.25) is 0 Å². The van der Waals surface area contributed by atoms with E-state index in [0.717, 1.165) is 86.8 Å². The van der Waals surface area contributed by atoms with Crippen LogP contribution in [0.25, 0.3) is 0 Å². The van der Waals surface area contributed by atoms with Crippen molar-refractivity contribution in [2.45, 2.75) is 90.9 Å². The third-order valence-corrected chi connectivity index (χ3v) is 5.94. The van der Waals surface area contributed by atoms with E-state index in [0.29, 0.717) is 12.8 Å². The molecule has 2 aromatic carbocycles. The molecule has 2 N–H and O–H groups in total. The van der Waals surface area contributed by atoms with Crippen molar-refractivity contribution in [1.82, 2.24) is 10.9 Å². The summed E-state index contributed by atoms with van der Waals surface area (Å²) in [5, 5.41) is 8.79. The summed E-state index contributed by atoms with van der Waals surface area (Å²) < 4.78 is 0. The largest absolute Gasteiger partial charge is 0.273 e. The Balaban J connectivity index is 1.66. The number of hydrogen-bond acceptors (Lipinski definition) is 4. The van der Waals surface area contributed by atoms with Crippen LogP contribution in [0.4, 0.5) is 0 Å². The summed E-state index contributed by atoms with van der Waals surface area (Å²) in [7, 11) is 0. The minimum atomic E-state index is -0.0625. The molecule has 0 heterocycles. The first-order valence-electron chi connectivity index (χ1n) is 13.5. The molecule has 0 radical (unpaired) electrons. The summed E-state index contributed by atoms with van der Waals surface area (Å²) in [5.41, 5.74) is 9.39. The lowest BCUT2D eigenvalue weighted by molar-refractivity contribution is -0.122. The Morgan fingerprint density at radius 2 is 0.944 bits per heavy atom. The number of nitrogens with one attached hydrogen (secondary N) is 2. The molecule has 6 heteroatoms. The van der Waals surface area contributed by atoms with Crippen LogP contribution in [0, 0.1) is 0 Å². The van der Waals surface area contributed by atoms with Gasteiger partial charge in [0.05, 0.1) is 11.4 Å². The van der Waals surface area contributed by atoms with Crippen molar-refractivity contribution >= 4 is 23.2 Å². The van der Waals surface area contributed by atoms with E-state index in [4.69, 9.17) is 0 Å². The highest BCUT2D eigenvalue weighted by atomic mass is 16.2. The van der Waals surface area contributed by atoms with Gasteiger partial charge in [0.15, 0.2) is 0 Å². The Morgan fingerprint density at radius 1 is 0.556 bits per heavy atom. The van der Waals surface area contributed by atoms with E-state index < -0.39 is 0 Å². The lowest BCUT2D eigenvalue weighted by Gasteiger charge is -2.08. The topological polar surface area (TPSA) is 82.9 Å². The van der Waals surface area contributed by atoms with E-state index >= 15 is 0 Å². The van der Waals surface area contributed by atoms with Gasteiger partial charge in [0.1, 0.15) is 0 Å². The van der Waals surface area contributed by atoms with Crippen LogP contribution in [0.1, 0.15) is 102 Å². The number of unbranched alkanes of at least 4 members (excludes halogenated alkanes) is 5. The average molecular weight is 491 g/mol. The van der Waals surface area contributed by atoms with Crippen molar-refractivity contribution in [2.24, 2.45) is 10.2 Å². The second-order valence-electron chi connectivity index (χ2n) is 9.04. The molecule has 0 aromatic heterocycles. The summed E-state index contributed by atoms with van der Waals surface area (Å²) in [6, 6.07) is 20.0. The number of carbonyl (C=O) groups is 2. The molecular weight excluding hydrogens is 448 g/mol. The molecule has 0 aliphatic heterocycles. The highest BCUT2D eigenvalue weighted by molar-refractivity contribution is 6.01. The zero-order valence-electron chi connectivity index (χ0n) is 22.0. The number of hydrogen-bond donors (Lipinski definition) is 2.